The molecule has 0 bridgehead atoms. The summed E-state index contributed by atoms with van der Waals surface area (Å²) in [5.41, 5.74) is 0.634. The number of amides is 3. The van der Waals surface area contributed by atoms with E-state index in [2.05, 4.69) is 5.32 Å². The summed E-state index contributed by atoms with van der Waals surface area (Å²) in [6, 6.07) is 3.38. The van der Waals surface area contributed by atoms with Gasteiger partial charge in [-0.25, -0.2) is 0 Å². The highest BCUT2D eigenvalue weighted by Gasteiger charge is 2.34. The Bertz CT molecular complexity index is 752. The van der Waals surface area contributed by atoms with E-state index in [-0.39, 0.29) is 29.1 Å². The van der Waals surface area contributed by atoms with Crippen LogP contribution in [0.3, 0.4) is 0 Å². The number of rotatable bonds is 8. The van der Waals surface area contributed by atoms with E-state index in [4.69, 9.17) is 14.2 Å². The van der Waals surface area contributed by atoms with Gasteiger partial charge in [-0.1, -0.05) is 6.92 Å². The molecule has 1 aromatic carbocycles. The average Bonchev–Trinajstić information content (AvgIpc) is 2.94. The van der Waals surface area contributed by atoms with Crippen LogP contribution in [0, 0.1) is 0 Å². The van der Waals surface area contributed by atoms with E-state index in [0.717, 1.165) is 16.7 Å². The summed E-state index contributed by atoms with van der Waals surface area (Å²) in [6.45, 7) is 2.08. The van der Waals surface area contributed by atoms with E-state index in [1.54, 1.807) is 25.1 Å². The summed E-state index contributed by atoms with van der Waals surface area (Å²) in [7, 11) is 4.50. The van der Waals surface area contributed by atoms with E-state index >= 15 is 0 Å². The maximum absolute atomic E-state index is 12.5. The maximum atomic E-state index is 12.5. The fraction of sp³-hybridized carbons (Fsp3) is 0.389. The first-order valence-corrected chi connectivity index (χ1v) is 9.08. The molecule has 0 atom stereocenters. The minimum absolute atomic E-state index is 0.128. The van der Waals surface area contributed by atoms with Gasteiger partial charge in [-0.05, 0) is 35.5 Å². The molecule has 0 unspecified atom stereocenters. The third kappa shape index (κ3) is 4.73. The standard InChI is InChI=1S/C18H22N2O6S/c1-5-15(21)19-6-7-20-17(22)14(27-18(20)23)10-11-8-12(24-2)16(26-4)13(9-11)25-3/h8-10H,5-7H2,1-4H3,(H,19,21)/b14-10-. The molecule has 3 amide bonds. The van der Waals surface area contributed by atoms with Gasteiger partial charge in [0.1, 0.15) is 0 Å². The lowest BCUT2D eigenvalue weighted by Crippen LogP contribution is -2.37. The highest BCUT2D eigenvalue weighted by atomic mass is 32.2. The summed E-state index contributed by atoms with van der Waals surface area (Å²) < 4.78 is 15.9. The Labute approximate surface area is 161 Å². The number of thioether (sulfide) groups is 1. The van der Waals surface area contributed by atoms with Crippen molar-refractivity contribution in [3.63, 3.8) is 0 Å². The summed E-state index contributed by atoms with van der Waals surface area (Å²) in [4.78, 5) is 37.3. The van der Waals surface area contributed by atoms with Crippen LogP contribution in [0.5, 0.6) is 17.2 Å². The van der Waals surface area contributed by atoms with Crippen LogP contribution < -0.4 is 19.5 Å². The molecule has 27 heavy (non-hydrogen) atoms. The third-order valence-electron chi connectivity index (χ3n) is 3.84. The molecule has 0 aliphatic carbocycles. The monoisotopic (exact) mass is 394 g/mol. The molecule has 1 N–H and O–H groups in total. The van der Waals surface area contributed by atoms with Gasteiger partial charge in [0.15, 0.2) is 11.5 Å². The number of hydrogen-bond donors (Lipinski definition) is 1. The Morgan fingerprint density at radius 1 is 1.15 bits per heavy atom. The van der Waals surface area contributed by atoms with Crippen LogP contribution in [0.1, 0.15) is 18.9 Å². The summed E-state index contributed by atoms with van der Waals surface area (Å²) in [5.74, 6) is 0.811. The lowest BCUT2D eigenvalue weighted by atomic mass is 10.1. The van der Waals surface area contributed by atoms with Crippen molar-refractivity contribution >= 4 is 34.9 Å². The molecule has 0 aromatic heterocycles. The van der Waals surface area contributed by atoms with Crippen molar-refractivity contribution in [2.75, 3.05) is 34.4 Å². The zero-order chi connectivity index (χ0) is 20.0. The average molecular weight is 394 g/mol. The molecule has 8 nitrogen and oxygen atoms in total. The molecule has 1 aliphatic heterocycles. The molecule has 0 saturated carbocycles. The van der Waals surface area contributed by atoms with E-state index < -0.39 is 5.91 Å². The number of imide groups is 1. The second-order valence-electron chi connectivity index (χ2n) is 5.50. The predicted molar refractivity (Wildman–Crippen MR) is 102 cm³/mol. The molecule has 1 saturated heterocycles. The van der Waals surface area contributed by atoms with Crippen LogP contribution in [0.15, 0.2) is 17.0 Å². The van der Waals surface area contributed by atoms with Gasteiger partial charge in [-0.2, -0.15) is 0 Å². The fourth-order valence-corrected chi connectivity index (χ4v) is 3.33. The number of methoxy groups -OCH3 is 3. The minimum Gasteiger partial charge on any atom is -0.493 e. The highest BCUT2D eigenvalue weighted by molar-refractivity contribution is 8.18. The summed E-state index contributed by atoms with van der Waals surface area (Å²) in [6.07, 6.45) is 1.95. The second kappa shape index (κ2) is 9.31. The smallest absolute Gasteiger partial charge is 0.293 e. The second-order valence-corrected chi connectivity index (χ2v) is 6.49. The van der Waals surface area contributed by atoms with Crippen LogP contribution >= 0.6 is 11.8 Å². The van der Waals surface area contributed by atoms with Gasteiger partial charge < -0.3 is 19.5 Å². The largest absolute Gasteiger partial charge is 0.493 e. The summed E-state index contributed by atoms with van der Waals surface area (Å²) >= 11 is 0.851. The van der Waals surface area contributed by atoms with E-state index in [1.807, 2.05) is 0 Å². The first-order valence-electron chi connectivity index (χ1n) is 8.27. The Kier molecular flexibility index (Phi) is 7.12. The number of benzene rings is 1. The number of ether oxygens (including phenoxy) is 3. The van der Waals surface area contributed by atoms with Crippen molar-refractivity contribution in [1.82, 2.24) is 10.2 Å². The molecule has 1 heterocycles. The maximum Gasteiger partial charge on any atom is 0.293 e. The van der Waals surface area contributed by atoms with Crippen molar-refractivity contribution in [2.24, 2.45) is 0 Å². The van der Waals surface area contributed by atoms with E-state index in [1.165, 1.54) is 21.3 Å². The molecule has 1 fully saturated rings. The number of nitrogens with zero attached hydrogens (tertiary/aromatic N) is 1. The molecule has 1 aliphatic rings. The molecule has 0 radical (unpaired) electrons. The van der Waals surface area contributed by atoms with E-state index in [0.29, 0.717) is 29.2 Å². The first-order chi connectivity index (χ1) is 12.9. The third-order valence-corrected chi connectivity index (χ3v) is 4.74. The number of carbonyl (C=O) groups excluding carboxylic acids is 3. The van der Waals surface area contributed by atoms with Crippen LogP contribution in [0.4, 0.5) is 4.79 Å². The molecule has 146 valence electrons. The van der Waals surface area contributed by atoms with Crippen molar-refractivity contribution in [2.45, 2.75) is 13.3 Å². The summed E-state index contributed by atoms with van der Waals surface area (Å²) in [5, 5.41) is 2.28. The van der Waals surface area contributed by atoms with Crippen molar-refractivity contribution in [3.8, 4) is 17.2 Å². The fourth-order valence-electron chi connectivity index (χ4n) is 2.46. The molecule has 2 rings (SSSR count). The van der Waals surface area contributed by atoms with Gasteiger partial charge in [-0.15, -0.1) is 0 Å². The number of carbonyl (C=O) groups is 3. The van der Waals surface area contributed by atoms with Gasteiger partial charge >= 0.3 is 0 Å². The highest BCUT2D eigenvalue weighted by Crippen LogP contribution is 2.40. The van der Waals surface area contributed by atoms with Gasteiger partial charge in [0.25, 0.3) is 11.1 Å². The van der Waals surface area contributed by atoms with E-state index in [9.17, 15) is 14.4 Å². The first kappa shape index (κ1) is 20.6. The molecule has 9 heteroatoms. The van der Waals surface area contributed by atoms with Crippen LogP contribution in [0.2, 0.25) is 0 Å². The topological polar surface area (TPSA) is 94.2 Å². The van der Waals surface area contributed by atoms with Crippen molar-refractivity contribution < 1.29 is 28.6 Å². The Balaban J connectivity index is 2.21. The van der Waals surface area contributed by atoms with Crippen molar-refractivity contribution in [3.05, 3.63) is 22.6 Å². The predicted octanol–water partition coefficient (Wildman–Crippen LogP) is 2.27. The SMILES string of the molecule is CCC(=O)NCCN1C(=O)S/C(=C\c2cc(OC)c(OC)c(OC)c2)C1=O. The van der Waals surface area contributed by atoms with Crippen molar-refractivity contribution in [1.29, 1.82) is 0 Å². The van der Waals surface area contributed by atoms with Gasteiger partial charge in [0, 0.05) is 19.5 Å². The lowest BCUT2D eigenvalue weighted by molar-refractivity contribution is -0.124. The van der Waals surface area contributed by atoms with Gasteiger partial charge in [-0.3, -0.25) is 19.3 Å². The van der Waals surface area contributed by atoms with Crippen LogP contribution in [-0.4, -0.2) is 56.4 Å². The Hall–Kier alpha value is -2.68. The van der Waals surface area contributed by atoms with Gasteiger partial charge in [0.05, 0.1) is 26.2 Å². The number of hydrogen-bond acceptors (Lipinski definition) is 7. The molecule has 1 aromatic rings. The normalized spacial score (nSPS) is 15.3. The molecule has 0 spiro atoms. The quantitative estimate of drug-likeness (QED) is 0.676. The zero-order valence-electron chi connectivity index (χ0n) is 15.7. The molecular weight excluding hydrogens is 372 g/mol. The van der Waals surface area contributed by atoms with Crippen LogP contribution in [0.25, 0.3) is 6.08 Å². The minimum atomic E-state index is -0.399. The number of nitrogens with one attached hydrogen (secondary N) is 1. The Morgan fingerprint density at radius 2 is 1.78 bits per heavy atom. The van der Waals surface area contributed by atoms with Crippen LogP contribution in [-0.2, 0) is 9.59 Å². The van der Waals surface area contributed by atoms with Gasteiger partial charge in [0.2, 0.25) is 11.7 Å². The lowest BCUT2D eigenvalue weighted by Gasteiger charge is -2.13. The molecular formula is C18H22N2O6S. The zero-order valence-corrected chi connectivity index (χ0v) is 16.5. The Morgan fingerprint density at radius 3 is 2.30 bits per heavy atom.